The Hall–Kier alpha value is -0.830. The summed E-state index contributed by atoms with van der Waals surface area (Å²) in [6.45, 7) is 1.01. The molecule has 19 heavy (non-hydrogen) atoms. The van der Waals surface area contributed by atoms with Crippen molar-refractivity contribution in [2.45, 2.75) is 76.2 Å². The second-order valence-corrected chi connectivity index (χ2v) is 6.18. The minimum Gasteiger partial charge on any atom is -0.445 e. The van der Waals surface area contributed by atoms with E-state index in [4.69, 9.17) is 4.42 Å². The summed E-state index contributed by atoms with van der Waals surface area (Å²) in [5, 5.41) is 3.51. The summed E-state index contributed by atoms with van der Waals surface area (Å²) in [6.07, 6.45) is 15.1. The molecule has 0 spiro atoms. The van der Waals surface area contributed by atoms with Gasteiger partial charge in [0.05, 0.1) is 6.20 Å². The van der Waals surface area contributed by atoms with Crippen LogP contribution in [0.4, 0.5) is 0 Å². The molecule has 0 aromatic carbocycles. The van der Waals surface area contributed by atoms with Crippen LogP contribution in [0.2, 0.25) is 0 Å². The molecule has 3 nitrogen and oxygen atoms in total. The highest BCUT2D eigenvalue weighted by Gasteiger charge is 2.21. The molecule has 1 heterocycles. The average molecular weight is 262 g/mol. The molecule has 0 radical (unpaired) electrons. The van der Waals surface area contributed by atoms with Gasteiger partial charge in [-0.25, -0.2) is 4.98 Å². The van der Waals surface area contributed by atoms with Crippen LogP contribution in [0.1, 0.15) is 75.4 Å². The monoisotopic (exact) mass is 262 g/mol. The molecule has 0 unspecified atom stereocenters. The molecule has 106 valence electrons. The van der Waals surface area contributed by atoms with Crippen LogP contribution in [0, 0.1) is 0 Å². The lowest BCUT2D eigenvalue weighted by Crippen LogP contribution is -2.19. The first-order valence-electron chi connectivity index (χ1n) is 8.10. The Morgan fingerprint density at radius 2 is 1.79 bits per heavy atom. The fourth-order valence-corrected chi connectivity index (χ4v) is 3.04. The Morgan fingerprint density at radius 1 is 1.05 bits per heavy atom. The number of nitrogens with zero attached hydrogens (tertiary/aromatic N) is 1. The lowest BCUT2D eigenvalue weighted by Gasteiger charge is -2.16. The molecular formula is C16H26N2O. The van der Waals surface area contributed by atoms with Gasteiger partial charge < -0.3 is 9.73 Å². The van der Waals surface area contributed by atoms with Crippen LogP contribution in [-0.4, -0.2) is 17.6 Å². The highest BCUT2D eigenvalue weighted by atomic mass is 16.4. The third-order valence-electron chi connectivity index (χ3n) is 4.43. The van der Waals surface area contributed by atoms with Gasteiger partial charge in [-0.15, -0.1) is 0 Å². The SMILES string of the molecule is c1nc(CCNC2CC2)oc1C1CCCCCCC1. The second kappa shape index (κ2) is 6.56. The fourth-order valence-electron chi connectivity index (χ4n) is 3.04. The van der Waals surface area contributed by atoms with Crippen LogP contribution >= 0.6 is 0 Å². The normalized spacial score (nSPS) is 22.1. The van der Waals surface area contributed by atoms with Crippen LogP contribution < -0.4 is 5.32 Å². The zero-order valence-electron chi connectivity index (χ0n) is 11.9. The first-order chi connectivity index (χ1) is 9.42. The molecule has 2 aliphatic rings. The number of oxazole rings is 1. The summed E-state index contributed by atoms with van der Waals surface area (Å²) in [6, 6.07) is 0.778. The highest BCUT2D eigenvalue weighted by molar-refractivity contribution is 5.02. The standard InChI is InChI=1S/C16H26N2O/c1-2-4-6-13(7-5-3-1)15-12-18-16(19-15)10-11-17-14-8-9-14/h12-14,17H,1-11H2. The minimum absolute atomic E-state index is 0.623. The molecule has 2 saturated carbocycles. The fraction of sp³-hybridized carbons (Fsp3) is 0.812. The van der Waals surface area contributed by atoms with Gasteiger partial charge in [-0.2, -0.15) is 0 Å². The molecular weight excluding hydrogens is 236 g/mol. The van der Waals surface area contributed by atoms with E-state index in [9.17, 15) is 0 Å². The Labute approximate surface area is 116 Å². The van der Waals surface area contributed by atoms with E-state index in [1.54, 1.807) is 0 Å². The summed E-state index contributed by atoms with van der Waals surface area (Å²) in [4.78, 5) is 4.46. The van der Waals surface area contributed by atoms with Crippen molar-refractivity contribution in [3.63, 3.8) is 0 Å². The molecule has 0 bridgehead atoms. The molecule has 0 aliphatic heterocycles. The number of hydrogen-bond donors (Lipinski definition) is 1. The van der Waals surface area contributed by atoms with Crippen molar-refractivity contribution >= 4 is 0 Å². The first-order valence-corrected chi connectivity index (χ1v) is 8.10. The van der Waals surface area contributed by atoms with Gasteiger partial charge in [0.25, 0.3) is 0 Å². The van der Waals surface area contributed by atoms with Crippen LogP contribution in [0.3, 0.4) is 0 Å². The average Bonchev–Trinajstić information content (AvgIpc) is 3.07. The molecule has 3 heteroatoms. The summed E-state index contributed by atoms with van der Waals surface area (Å²) < 4.78 is 5.97. The van der Waals surface area contributed by atoms with Gasteiger partial charge in [0.1, 0.15) is 5.76 Å². The maximum atomic E-state index is 5.97. The maximum absolute atomic E-state index is 5.97. The van der Waals surface area contributed by atoms with Gasteiger partial charge in [0.2, 0.25) is 0 Å². The van der Waals surface area contributed by atoms with Gasteiger partial charge in [-0.1, -0.05) is 32.1 Å². The smallest absolute Gasteiger partial charge is 0.195 e. The minimum atomic E-state index is 0.623. The first kappa shape index (κ1) is 13.2. The molecule has 0 amide bonds. The van der Waals surface area contributed by atoms with E-state index in [0.29, 0.717) is 5.92 Å². The van der Waals surface area contributed by atoms with Crippen molar-refractivity contribution in [1.82, 2.24) is 10.3 Å². The summed E-state index contributed by atoms with van der Waals surface area (Å²) in [5.41, 5.74) is 0. The van der Waals surface area contributed by atoms with E-state index in [1.807, 2.05) is 6.20 Å². The largest absolute Gasteiger partial charge is 0.445 e. The highest BCUT2D eigenvalue weighted by Crippen LogP contribution is 2.31. The number of hydrogen-bond acceptors (Lipinski definition) is 3. The van der Waals surface area contributed by atoms with Crippen molar-refractivity contribution in [3.05, 3.63) is 17.8 Å². The summed E-state index contributed by atoms with van der Waals surface area (Å²) in [5.74, 6) is 2.69. The summed E-state index contributed by atoms with van der Waals surface area (Å²) >= 11 is 0. The summed E-state index contributed by atoms with van der Waals surface area (Å²) in [7, 11) is 0. The van der Waals surface area contributed by atoms with Crippen LogP contribution in [0.5, 0.6) is 0 Å². The zero-order valence-corrected chi connectivity index (χ0v) is 11.9. The quantitative estimate of drug-likeness (QED) is 0.877. The van der Waals surface area contributed by atoms with Crippen molar-refractivity contribution in [2.75, 3.05) is 6.54 Å². The number of nitrogens with one attached hydrogen (secondary N) is 1. The van der Waals surface area contributed by atoms with Crippen molar-refractivity contribution in [3.8, 4) is 0 Å². The van der Waals surface area contributed by atoms with Crippen molar-refractivity contribution in [1.29, 1.82) is 0 Å². The van der Waals surface area contributed by atoms with E-state index in [1.165, 1.54) is 57.8 Å². The second-order valence-electron chi connectivity index (χ2n) is 6.18. The zero-order chi connectivity index (χ0) is 12.9. The number of rotatable bonds is 5. The topological polar surface area (TPSA) is 38.1 Å². The molecule has 1 N–H and O–H groups in total. The van der Waals surface area contributed by atoms with E-state index < -0.39 is 0 Å². The predicted molar refractivity (Wildman–Crippen MR) is 76.3 cm³/mol. The maximum Gasteiger partial charge on any atom is 0.195 e. The molecule has 2 fully saturated rings. The molecule has 0 saturated heterocycles. The molecule has 0 atom stereocenters. The third kappa shape index (κ3) is 4.07. The Morgan fingerprint density at radius 3 is 2.53 bits per heavy atom. The third-order valence-corrected chi connectivity index (χ3v) is 4.43. The molecule has 1 aromatic rings. The van der Waals surface area contributed by atoms with Gasteiger partial charge >= 0.3 is 0 Å². The van der Waals surface area contributed by atoms with Gasteiger partial charge in [0, 0.05) is 24.9 Å². The van der Waals surface area contributed by atoms with E-state index in [-0.39, 0.29) is 0 Å². The van der Waals surface area contributed by atoms with Gasteiger partial charge in [-0.05, 0) is 25.7 Å². The Bertz CT molecular complexity index is 376. The lowest BCUT2D eigenvalue weighted by molar-refractivity contribution is 0.370. The van der Waals surface area contributed by atoms with Crippen LogP contribution in [0.15, 0.2) is 10.6 Å². The number of aromatic nitrogens is 1. The van der Waals surface area contributed by atoms with Gasteiger partial charge in [-0.3, -0.25) is 0 Å². The Balaban J connectivity index is 1.49. The van der Waals surface area contributed by atoms with E-state index in [0.717, 1.165) is 30.7 Å². The van der Waals surface area contributed by atoms with Crippen molar-refractivity contribution in [2.24, 2.45) is 0 Å². The molecule has 1 aromatic heterocycles. The van der Waals surface area contributed by atoms with E-state index in [2.05, 4.69) is 10.3 Å². The van der Waals surface area contributed by atoms with E-state index >= 15 is 0 Å². The van der Waals surface area contributed by atoms with Crippen molar-refractivity contribution < 1.29 is 4.42 Å². The molecule has 3 rings (SSSR count). The molecule has 2 aliphatic carbocycles. The van der Waals surface area contributed by atoms with Gasteiger partial charge in [0.15, 0.2) is 5.89 Å². The lowest BCUT2D eigenvalue weighted by atomic mass is 9.90. The van der Waals surface area contributed by atoms with Crippen LogP contribution in [0.25, 0.3) is 0 Å². The van der Waals surface area contributed by atoms with Crippen LogP contribution in [-0.2, 0) is 6.42 Å². The predicted octanol–water partition coefficient (Wildman–Crippen LogP) is 3.80. The Kier molecular flexibility index (Phi) is 4.54.